The molecule has 0 radical (unpaired) electrons. The van der Waals surface area contributed by atoms with E-state index in [0.29, 0.717) is 17.1 Å². The van der Waals surface area contributed by atoms with E-state index in [1.165, 1.54) is 25.2 Å². The summed E-state index contributed by atoms with van der Waals surface area (Å²) in [6, 6.07) is -0.730. The van der Waals surface area contributed by atoms with Gasteiger partial charge in [0.25, 0.3) is 5.91 Å². The second-order valence-electron chi connectivity index (χ2n) is 5.43. The van der Waals surface area contributed by atoms with E-state index < -0.39 is 24.5 Å². The molecule has 0 aliphatic heterocycles. The number of carbonyl (C=O) groups excluding carboxylic acids is 4. The zero-order chi connectivity index (χ0) is 19.1. The van der Waals surface area contributed by atoms with Gasteiger partial charge in [0.1, 0.15) is 11.0 Å². The average Bonchev–Trinajstić information content (AvgIpc) is 2.78. The van der Waals surface area contributed by atoms with Crippen molar-refractivity contribution in [1.29, 1.82) is 0 Å². The zero-order valence-electron chi connectivity index (χ0n) is 14.9. The van der Waals surface area contributed by atoms with Crippen LogP contribution in [0.1, 0.15) is 41.6 Å². The van der Waals surface area contributed by atoms with Gasteiger partial charge in [0, 0.05) is 18.3 Å². The van der Waals surface area contributed by atoms with Gasteiger partial charge in [-0.1, -0.05) is 0 Å². The Hall–Kier alpha value is -2.42. The van der Waals surface area contributed by atoms with Gasteiger partial charge >= 0.3 is 5.97 Å². The lowest BCUT2D eigenvalue weighted by molar-refractivity contribution is -0.130. The Balaban J connectivity index is 2.69. The molecule has 3 amide bonds. The minimum absolute atomic E-state index is 0.238. The Bertz CT molecular complexity index is 684. The third kappa shape index (κ3) is 5.86. The molecular weight excluding hydrogens is 346 g/mol. The maximum Gasteiger partial charge on any atom is 0.341 e. The first-order chi connectivity index (χ1) is 11.7. The zero-order valence-corrected chi connectivity index (χ0v) is 15.8. The van der Waals surface area contributed by atoms with Crippen LogP contribution in [0.4, 0.5) is 5.00 Å². The number of amides is 3. The fourth-order valence-electron chi connectivity index (χ4n) is 2.00. The number of aryl methyl sites for hydroxylation is 1. The van der Waals surface area contributed by atoms with E-state index in [-0.39, 0.29) is 17.4 Å². The van der Waals surface area contributed by atoms with E-state index in [2.05, 4.69) is 16.0 Å². The molecule has 8 nitrogen and oxygen atoms in total. The number of nitrogens with one attached hydrogen (secondary N) is 3. The van der Waals surface area contributed by atoms with E-state index in [4.69, 9.17) is 4.74 Å². The maximum absolute atomic E-state index is 12.3. The molecule has 25 heavy (non-hydrogen) atoms. The lowest BCUT2D eigenvalue weighted by Gasteiger charge is -2.13. The molecule has 0 aliphatic carbocycles. The molecule has 3 N–H and O–H groups in total. The standard InChI is InChI=1S/C16H23N3O5S/c1-6-17-14(22)9(3)18-12(21)7-24-16(23)13-8(2)10(4)25-15(13)19-11(5)20/h9H,6-7H2,1-5H3,(H,17,22)(H,18,21)(H,19,20)/t9-/m1/s1. The molecule has 0 aliphatic rings. The van der Waals surface area contributed by atoms with Gasteiger partial charge in [0.05, 0.1) is 5.56 Å². The number of thiophene rings is 1. The summed E-state index contributed by atoms with van der Waals surface area (Å²) in [5.74, 6) is -1.91. The minimum Gasteiger partial charge on any atom is -0.452 e. The van der Waals surface area contributed by atoms with Gasteiger partial charge in [-0.15, -0.1) is 11.3 Å². The van der Waals surface area contributed by atoms with Gasteiger partial charge in [-0.05, 0) is 33.3 Å². The highest BCUT2D eigenvalue weighted by Gasteiger charge is 2.23. The Kier molecular flexibility index (Phi) is 7.56. The summed E-state index contributed by atoms with van der Waals surface area (Å²) in [4.78, 5) is 47.8. The Morgan fingerprint density at radius 2 is 1.84 bits per heavy atom. The van der Waals surface area contributed by atoms with E-state index >= 15 is 0 Å². The Labute approximate surface area is 150 Å². The summed E-state index contributed by atoms with van der Waals surface area (Å²) < 4.78 is 5.02. The number of ether oxygens (including phenoxy) is 1. The number of carbonyl (C=O) groups is 4. The van der Waals surface area contributed by atoms with E-state index in [1.807, 2.05) is 6.92 Å². The Morgan fingerprint density at radius 3 is 2.40 bits per heavy atom. The summed E-state index contributed by atoms with van der Waals surface area (Å²) in [6.07, 6.45) is 0. The van der Waals surface area contributed by atoms with E-state index in [9.17, 15) is 19.2 Å². The number of likely N-dealkylation sites (N-methyl/N-ethyl adjacent to an activating group) is 1. The number of hydrogen-bond donors (Lipinski definition) is 3. The van der Waals surface area contributed by atoms with Gasteiger partial charge < -0.3 is 20.7 Å². The molecule has 0 fully saturated rings. The molecular formula is C16H23N3O5S. The largest absolute Gasteiger partial charge is 0.452 e. The van der Waals surface area contributed by atoms with E-state index in [1.54, 1.807) is 13.8 Å². The van der Waals surface area contributed by atoms with Crippen LogP contribution in [0, 0.1) is 13.8 Å². The first kappa shape index (κ1) is 20.6. The molecule has 0 aromatic carbocycles. The van der Waals surface area contributed by atoms with Gasteiger partial charge in [0.15, 0.2) is 6.61 Å². The van der Waals surface area contributed by atoms with Crippen molar-refractivity contribution in [2.45, 2.75) is 40.7 Å². The number of hydrogen-bond acceptors (Lipinski definition) is 6. The summed E-state index contributed by atoms with van der Waals surface area (Å²) in [5.41, 5.74) is 0.928. The van der Waals surface area contributed by atoms with Crippen molar-refractivity contribution >= 4 is 40.0 Å². The molecule has 138 valence electrons. The highest BCUT2D eigenvalue weighted by atomic mass is 32.1. The SMILES string of the molecule is CCNC(=O)[C@@H](C)NC(=O)COC(=O)c1c(NC(C)=O)sc(C)c1C. The quantitative estimate of drug-likeness (QED) is 0.623. The lowest BCUT2D eigenvalue weighted by atomic mass is 10.1. The van der Waals surface area contributed by atoms with Crippen molar-refractivity contribution in [3.05, 3.63) is 16.0 Å². The normalized spacial score (nSPS) is 11.4. The molecule has 1 atom stereocenters. The van der Waals surface area contributed by atoms with Crippen LogP contribution in [0.25, 0.3) is 0 Å². The molecule has 0 unspecified atom stereocenters. The second kappa shape index (κ2) is 9.16. The number of esters is 1. The summed E-state index contributed by atoms with van der Waals surface area (Å²) in [6.45, 7) is 8.15. The second-order valence-corrected chi connectivity index (χ2v) is 6.65. The molecule has 0 saturated carbocycles. The van der Waals surface area contributed by atoms with Crippen LogP contribution >= 0.6 is 11.3 Å². The third-order valence-electron chi connectivity index (χ3n) is 3.34. The van der Waals surface area contributed by atoms with Crippen molar-refractivity contribution in [2.24, 2.45) is 0 Å². The molecule has 9 heteroatoms. The smallest absolute Gasteiger partial charge is 0.341 e. The van der Waals surface area contributed by atoms with Gasteiger partial charge in [-0.3, -0.25) is 14.4 Å². The van der Waals surface area contributed by atoms with Crippen molar-refractivity contribution in [2.75, 3.05) is 18.5 Å². The van der Waals surface area contributed by atoms with Crippen molar-refractivity contribution in [3.63, 3.8) is 0 Å². The molecule has 0 bridgehead atoms. The third-order valence-corrected chi connectivity index (χ3v) is 4.46. The van der Waals surface area contributed by atoms with Crippen LogP contribution in [-0.2, 0) is 19.1 Å². The predicted molar refractivity (Wildman–Crippen MR) is 94.7 cm³/mol. The summed E-state index contributed by atoms with van der Waals surface area (Å²) >= 11 is 1.27. The molecule has 0 spiro atoms. The highest BCUT2D eigenvalue weighted by Crippen LogP contribution is 2.32. The molecule has 1 aromatic heterocycles. The molecule has 1 rings (SSSR count). The van der Waals surface area contributed by atoms with Gasteiger partial charge in [-0.25, -0.2) is 4.79 Å². The van der Waals surface area contributed by atoms with Crippen LogP contribution in [0.5, 0.6) is 0 Å². The molecule has 1 aromatic rings. The fraction of sp³-hybridized carbons (Fsp3) is 0.500. The van der Waals surface area contributed by atoms with Crippen LogP contribution in [0.15, 0.2) is 0 Å². The lowest BCUT2D eigenvalue weighted by Crippen LogP contribution is -2.46. The Morgan fingerprint density at radius 1 is 1.20 bits per heavy atom. The monoisotopic (exact) mass is 369 g/mol. The number of rotatable bonds is 7. The first-order valence-corrected chi connectivity index (χ1v) is 8.60. The number of anilines is 1. The van der Waals surface area contributed by atoms with Crippen LogP contribution < -0.4 is 16.0 Å². The van der Waals surface area contributed by atoms with Crippen LogP contribution in [0.2, 0.25) is 0 Å². The maximum atomic E-state index is 12.3. The predicted octanol–water partition coefficient (Wildman–Crippen LogP) is 1.12. The van der Waals surface area contributed by atoms with Crippen LogP contribution in [-0.4, -0.2) is 42.9 Å². The fourth-order valence-corrected chi connectivity index (χ4v) is 3.09. The average molecular weight is 369 g/mol. The van der Waals surface area contributed by atoms with Gasteiger partial charge in [0.2, 0.25) is 11.8 Å². The van der Waals surface area contributed by atoms with Crippen molar-refractivity contribution in [1.82, 2.24) is 10.6 Å². The van der Waals surface area contributed by atoms with Crippen molar-refractivity contribution < 1.29 is 23.9 Å². The summed E-state index contributed by atoms with van der Waals surface area (Å²) in [5, 5.41) is 8.00. The minimum atomic E-state index is -0.730. The highest BCUT2D eigenvalue weighted by molar-refractivity contribution is 7.16. The van der Waals surface area contributed by atoms with Crippen molar-refractivity contribution in [3.8, 4) is 0 Å². The first-order valence-electron chi connectivity index (χ1n) is 7.79. The topological polar surface area (TPSA) is 114 Å². The molecule has 1 heterocycles. The van der Waals surface area contributed by atoms with Gasteiger partial charge in [-0.2, -0.15) is 0 Å². The summed E-state index contributed by atoms with van der Waals surface area (Å²) in [7, 11) is 0. The van der Waals surface area contributed by atoms with E-state index in [0.717, 1.165) is 4.88 Å². The van der Waals surface area contributed by atoms with Crippen LogP contribution in [0.3, 0.4) is 0 Å². The molecule has 0 saturated heterocycles.